The molecule has 0 aliphatic heterocycles. The van der Waals surface area contributed by atoms with E-state index >= 15 is 0 Å². The number of aromatic nitrogens is 1. The average Bonchev–Trinajstić information content (AvgIpc) is 3.00. The zero-order valence-electron chi connectivity index (χ0n) is 13.5. The summed E-state index contributed by atoms with van der Waals surface area (Å²) in [7, 11) is 0. The van der Waals surface area contributed by atoms with Gasteiger partial charge in [0.2, 0.25) is 0 Å². The van der Waals surface area contributed by atoms with Crippen molar-refractivity contribution in [1.29, 1.82) is 0 Å². The summed E-state index contributed by atoms with van der Waals surface area (Å²) >= 11 is 0. The molecule has 0 spiro atoms. The number of carboxylic acids is 1. The number of hydrogen-bond acceptors (Lipinski definition) is 4. The molecule has 1 unspecified atom stereocenters. The van der Waals surface area contributed by atoms with Crippen molar-refractivity contribution in [3.8, 4) is 0 Å². The van der Waals surface area contributed by atoms with E-state index in [2.05, 4.69) is 10.3 Å². The molecule has 0 radical (unpaired) electrons. The number of rotatable bonds is 6. The molecule has 0 fully saturated rings. The summed E-state index contributed by atoms with van der Waals surface area (Å²) in [6.45, 7) is 1.85. The molecule has 0 saturated heterocycles. The zero-order chi connectivity index (χ0) is 18.0. The second kappa shape index (κ2) is 6.64. The van der Waals surface area contributed by atoms with Crippen molar-refractivity contribution >= 4 is 28.2 Å². The molecule has 1 aromatic heterocycles. The fourth-order valence-corrected chi connectivity index (χ4v) is 2.96. The predicted molar refractivity (Wildman–Crippen MR) is 94.9 cm³/mol. The van der Waals surface area contributed by atoms with Gasteiger partial charge in [0.15, 0.2) is 0 Å². The Bertz CT molecular complexity index is 934. The van der Waals surface area contributed by atoms with Crippen LogP contribution in [0.5, 0.6) is 0 Å². The molecular formula is C18H17N3O4. The maximum Gasteiger partial charge on any atom is 0.326 e. The topological polar surface area (TPSA) is 108 Å². The van der Waals surface area contributed by atoms with E-state index in [1.54, 1.807) is 24.4 Å². The maximum absolute atomic E-state index is 11.6. The summed E-state index contributed by atoms with van der Waals surface area (Å²) in [5.41, 5.74) is 2.70. The molecule has 1 heterocycles. The number of aliphatic carboxylic acids is 1. The number of nitro groups is 1. The SMILES string of the molecule is Cc1ccc([N+](=O)[O-])c2[nH]cc(CC(Nc3ccccc3)C(=O)O)c12. The van der Waals surface area contributed by atoms with E-state index in [9.17, 15) is 20.0 Å². The number of nitrogens with zero attached hydrogens (tertiary/aromatic N) is 1. The lowest BCUT2D eigenvalue weighted by molar-refractivity contribution is -0.383. The molecule has 128 valence electrons. The van der Waals surface area contributed by atoms with Crippen LogP contribution in [0.15, 0.2) is 48.7 Å². The number of fused-ring (bicyclic) bond motifs is 1. The first-order valence-corrected chi connectivity index (χ1v) is 7.75. The predicted octanol–water partition coefficient (Wildman–Crippen LogP) is 3.49. The van der Waals surface area contributed by atoms with Crippen molar-refractivity contribution in [2.24, 2.45) is 0 Å². The summed E-state index contributed by atoms with van der Waals surface area (Å²) < 4.78 is 0. The van der Waals surface area contributed by atoms with E-state index < -0.39 is 16.9 Å². The molecule has 0 saturated carbocycles. The lowest BCUT2D eigenvalue weighted by Crippen LogP contribution is -2.31. The highest BCUT2D eigenvalue weighted by Gasteiger charge is 2.23. The molecular weight excluding hydrogens is 322 g/mol. The lowest BCUT2D eigenvalue weighted by Gasteiger charge is -2.15. The molecule has 0 amide bonds. The summed E-state index contributed by atoms with van der Waals surface area (Å²) in [4.78, 5) is 25.3. The number of para-hydroxylation sites is 1. The standard InChI is InChI=1S/C18H17N3O4/c1-11-7-8-15(21(24)25)17-16(11)12(10-19-17)9-14(18(22)23)20-13-5-3-2-4-6-13/h2-8,10,14,19-20H,9H2,1H3,(H,22,23). The molecule has 0 aliphatic carbocycles. The third kappa shape index (κ3) is 3.30. The molecule has 1 atom stereocenters. The summed E-state index contributed by atoms with van der Waals surface area (Å²) in [6, 6.07) is 11.4. The minimum Gasteiger partial charge on any atom is -0.480 e. The van der Waals surface area contributed by atoms with Crippen LogP contribution in [0.3, 0.4) is 0 Å². The van der Waals surface area contributed by atoms with Gasteiger partial charge in [-0.25, -0.2) is 4.79 Å². The molecule has 3 N–H and O–H groups in total. The quantitative estimate of drug-likeness (QED) is 0.470. The number of aryl methyl sites for hydroxylation is 1. The molecule has 3 rings (SSSR count). The van der Waals surface area contributed by atoms with E-state index in [0.29, 0.717) is 16.6 Å². The number of carbonyl (C=O) groups is 1. The van der Waals surface area contributed by atoms with Crippen LogP contribution < -0.4 is 5.32 Å². The van der Waals surface area contributed by atoms with Gasteiger partial charge in [-0.05, 0) is 30.2 Å². The molecule has 0 bridgehead atoms. The van der Waals surface area contributed by atoms with Crippen LogP contribution >= 0.6 is 0 Å². The number of benzene rings is 2. The Morgan fingerprint density at radius 2 is 2.00 bits per heavy atom. The first kappa shape index (κ1) is 16.5. The highest BCUT2D eigenvalue weighted by molar-refractivity contribution is 5.93. The fraction of sp³-hybridized carbons (Fsp3) is 0.167. The summed E-state index contributed by atoms with van der Waals surface area (Å²) in [6.07, 6.45) is 1.85. The van der Waals surface area contributed by atoms with Gasteiger partial charge in [0.1, 0.15) is 11.6 Å². The minimum absolute atomic E-state index is 0.0188. The highest BCUT2D eigenvalue weighted by atomic mass is 16.6. The third-order valence-corrected chi connectivity index (χ3v) is 4.14. The van der Waals surface area contributed by atoms with E-state index in [4.69, 9.17) is 0 Å². The van der Waals surface area contributed by atoms with Gasteiger partial charge in [0.25, 0.3) is 5.69 Å². The van der Waals surface area contributed by atoms with E-state index in [1.165, 1.54) is 6.07 Å². The molecule has 7 nitrogen and oxygen atoms in total. The minimum atomic E-state index is -0.985. The van der Waals surface area contributed by atoms with Crippen LogP contribution in [0.2, 0.25) is 0 Å². The maximum atomic E-state index is 11.6. The molecule has 3 aromatic rings. The highest BCUT2D eigenvalue weighted by Crippen LogP contribution is 2.31. The summed E-state index contributed by atoms with van der Waals surface area (Å²) in [5.74, 6) is -0.985. The Morgan fingerprint density at radius 1 is 1.28 bits per heavy atom. The third-order valence-electron chi connectivity index (χ3n) is 4.14. The normalized spacial score (nSPS) is 12.0. The van der Waals surface area contributed by atoms with Crippen LogP contribution in [-0.2, 0) is 11.2 Å². The number of non-ortho nitro benzene ring substituents is 1. The van der Waals surface area contributed by atoms with Crippen molar-refractivity contribution in [2.45, 2.75) is 19.4 Å². The Hall–Kier alpha value is -3.35. The van der Waals surface area contributed by atoms with Gasteiger partial charge in [-0.2, -0.15) is 0 Å². The largest absolute Gasteiger partial charge is 0.480 e. The number of nitro benzene ring substituents is 1. The number of hydrogen-bond donors (Lipinski definition) is 3. The van der Waals surface area contributed by atoms with Gasteiger partial charge in [-0.15, -0.1) is 0 Å². The van der Waals surface area contributed by atoms with Gasteiger partial charge >= 0.3 is 5.97 Å². The van der Waals surface area contributed by atoms with Gasteiger partial charge in [0.05, 0.1) is 4.92 Å². The van der Waals surface area contributed by atoms with Gasteiger partial charge in [-0.3, -0.25) is 10.1 Å². The average molecular weight is 339 g/mol. The van der Waals surface area contributed by atoms with Crippen LogP contribution in [-0.4, -0.2) is 27.0 Å². The number of H-pyrrole nitrogens is 1. The van der Waals surface area contributed by atoms with E-state index in [0.717, 1.165) is 11.1 Å². The van der Waals surface area contributed by atoms with E-state index in [-0.39, 0.29) is 12.1 Å². The number of anilines is 1. The van der Waals surface area contributed by atoms with Gasteiger partial charge in [-0.1, -0.05) is 24.3 Å². The van der Waals surface area contributed by atoms with Crippen molar-refractivity contribution in [3.05, 3.63) is 69.9 Å². The van der Waals surface area contributed by atoms with Gasteiger partial charge in [0, 0.05) is 29.8 Å². The van der Waals surface area contributed by atoms with Crippen molar-refractivity contribution in [2.75, 3.05) is 5.32 Å². The number of nitrogens with one attached hydrogen (secondary N) is 2. The van der Waals surface area contributed by atoms with Crippen LogP contribution in [0.1, 0.15) is 11.1 Å². The van der Waals surface area contributed by atoms with Crippen LogP contribution in [0.4, 0.5) is 11.4 Å². The number of carboxylic acid groups (broad SMARTS) is 1. The van der Waals surface area contributed by atoms with Crippen molar-refractivity contribution in [1.82, 2.24) is 4.98 Å². The first-order chi connectivity index (χ1) is 12.0. The lowest BCUT2D eigenvalue weighted by atomic mass is 10.0. The van der Waals surface area contributed by atoms with Crippen molar-refractivity contribution < 1.29 is 14.8 Å². The molecule has 7 heteroatoms. The second-order valence-electron chi connectivity index (χ2n) is 5.83. The monoisotopic (exact) mass is 339 g/mol. The Labute approximate surface area is 143 Å². The second-order valence-corrected chi connectivity index (χ2v) is 5.83. The number of aromatic amines is 1. The Morgan fingerprint density at radius 3 is 2.64 bits per heavy atom. The first-order valence-electron chi connectivity index (χ1n) is 7.75. The van der Waals surface area contributed by atoms with Crippen LogP contribution in [0.25, 0.3) is 10.9 Å². The molecule has 25 heavy (non-hydrogen) atoms. The van der Waals surface area contributed by atoms with Gasteiger partial charge < -0.3 is 15.4 Å². The van der Waals surface area contributed by atoms with E-state index in [1.807, 2.05) is 25.1 Å². The Balaban J connectivity index is 1.96. The van der Waals surface area contributed by atoms with Crippen molar-refractivity contribution in [3.63, 3.8) is 0 Å². The van der Waals surface area contributed by atoms with Crippen LogP contribution in [0, 0.1) is 17.0 Å². The Kier molecular flexibility index (Phi) is 4.38. The smallest absolute Gasteiger partial charge is 0.326 e. The molecule has 2 aromatic carbocycles. The fourth-order valence-electron chi connectivity index (χ4n) is 2.96. The molecule has 0 aliphatic rings. The summed E-state index contributed by atoms with van der Waals surface area (Å²) in [5, 5.41) is 24.4. The zero-order valence-corrected chi connectivity index (χ0v) is 13.5.